The molecule has 0 radical (unpaired) electrons. The summed E-state index contributed by atoms with van der Waals surface area (Å²) in [6.07, 6.45) is 2.34. The molecule has 0 N–H and O–H groups in total. The van der Waals surface area contributed by atoms with Crippen LogP contribution in [0, 0.1) is 0 Å². The first-order valence-corrected chi connectivity index (χ1v) is 22.6. The van der Waals surface area contributed by atoms with Gasteiger partial charge in [0.2, 0.25) is 0 Å². The molecule has 13 rings (SSSR count). The standard InChI is InChI=1S/C61H48N2/c1-59(2)33-34-60(3,4)53-37-55-48(36-52(53)59)47-35-49-57(62(42-20-9-6-10-21-42)54-32-27-39-17-11-12-22-44(39)58(49)54)38-56(47)63(55)43-30-28-41(29-31-43)61(40-18-7-5-8-19-40)50-25-15-13-23-45(50)46-24-14-16-26-51(46)61/h5-32,35-38H,33-34H2,1-4H3. The highest BCUT2D eigenvalue weighted by Gasteiger charge is 2.46. The van der Waals surface area contributed by atoms with Crippen LogP contribution in [0.3, 0.4) is 0 Å². The molecule has 0 unspecified atom stereocenters. The molecule has 2 nitrogen and oxygen atoms in total. The van der Waals surface area contributed by atoms with Crippen molar-refractivity contribution in [2.75, 3.05) is 0 Å². The fourth-order valence-corrected chi connectivity index (χ4v) is 12.1. The highest BCUT2D eigenvalue weighted by atomic mass is 15.0. The van der Waals surface area contributed by atoms with Gasteiger partial charge in [-0.05, 0) is 134 Å². The first-order valence-electron chi connectivity index (χ1n) is 22.6. The Labute approximate surface area is 368 Å². The van der Waals surface area contributed by atoms with Crippen LogP contribution >= 0.6 is 0 Å². The number of benzene rings is 9. The van der Waals surface area contributed by atoms with E-state index < -0.39 is 5.41 Å². The van der Waals surface area contributed by atoms with Crippen molar-refractivity contribution >= 4 is 54.4 Å². The average Bonchev–Trinajstić information content (AvgIpc) is 3.93. The first kappa shape index (κ1) is 36.5. The molecule has 11 aromatic rings. The zero-order valence-electron chi connectivity index (χ0n) is 36.3. The van der Waals surface area contributed by atoms with E-state index in [1.165, 1.54) is 123 Å². The van der Waals surface area contributed by atoms with Gasteiger partial charge in [0.05, 0.1) is 27.5 Å². The summed E-state index contributed by atoms with van der Waals surface area (Å²) in [6.45, 7) is 9.79. The Hall–Kier alpha value is -7.16. The van der Waals surface area contributed by atoms with Gasteiger partial charge in [0.15, 0.2) is 0 Å². The second kappa shape index (κ2) is 12.9. The van der Waals surface area contributed by atoms with E-state index in [1.807, 2.05) is 0 Å². The van der Waals surface area contributed by atoms with E-state index in [4.69, 9.17) is 0 Å². The van der Waals surface area contributed by atoms with Gasteiger partial charge in [0.25, 0.3) is 0 Å². The lowest BCUT2D eigenvalue weighted by Crippen LogP contribution is -2.33. The minimum atomic E-state index is -0.450. The predicted octanol–water partition coefficient (Wildman–Crippen LogP) is 15.7. The number of nitrogens with zero attached hydrogens (tertiary/aromatic N) is 2. The molecule has 0 spiro atoms. The number of fused-ring (bicyclic) bond motifs is 12. The third kappa shape index (κ3) is 4.95. The van der Waals surface area contributed by atoms with E-state index in [2.05, 4.69) is 231 Å². The second-order valence-electron chi connectivity index (χ2n) is 19.5. The van der Waals surface area contributed by atoms with Crippen LogP contribution in [0.25, 0.3) is 76.9 Å². The highest BCUT2D eigenvalue weighted by molar-refractivity contribution is 6.25. The number of hydrogen-bond acceptors (Lipinski definition) is 0. The van der Waals surface area contributed by atoms with Gasteiger partial charge in [0.1, 0.15) is 0 Å². The summed E-state index contributed by atoms with van der Waals surface area (Å²) in [5.41, 5.74) is 17.8. The molecule has 302 valence electrons. The van der Waals surface area contributed by atoms with Crippen molar-refractivity contribution in [2.45, 2.75) is 56.8 Å². The van der Waals surface area contributed by atoms with Crippen LogP contribution < -0.4 is 0 Å². The topological polar surface area (TPSA) is 9.86 Å². The van der Waals surface area contributed by atoms with E-state index in [-0.39, 0.29) is 10.8 Å². The summed E-state index contributed by atoms with van der Waals surface area (Å²) < 4.78 is 5.06. The second-order valence-corrected chi connectivity index (χ2v) is 19.5. The van der Waals surface area contributed by atoms with Crippen molar-refractivity contribution in [1.29, 1.82) is 0 Å². The highest BCUT2D eigenvalue weighted by Crippen LogP contribution is 2.56. The summed E-state index contributed by atoms with van der Waals surface area (Å²) in [5, 5.41) is 7.76. The van der Waals surface area contributed by atoms with Crippen LogP contribution in [0.4, 0.5) is 0 Å². The van der Waals surface area contributed by atoms with E-state index in [9.17, 15) is 0 Å². The number of aromatic nitrogens is 2. The first-order chi connectivity index (χ1) is 30.7. The molecule has 0 saturated heterocycles. The molecule has 0 amide bonds. The molecule has 2 heterocycles. The Morgan fingerprint density at radius 3 is 1.56 bits per heavy atom. The van der Waals surface area contributed by atoms with Crippen LogP contribution in [-0.2, 0) is 16.2 Å². The molecule has 0 atom stereocenters. The van der Waals surface area contributed by atoms with Gasteiger partial charge in [-0.2, -0.15) is 0 Å². The van der Waals surface area contributed by atoms with Gasteiger partial charge in [-0.1, -0.05) is 167 Å². The van der Waals surface area contributed by atoms with Crippen LogP contribution in [0.1, 0.15) is 73.9 Å². The minimum Gasteiger partial charge on any atom is -0.309 e. The van der Waals surface area contributed by atoms with E-state index in [0.717, 1.165) is 0 Å². The number of hydrogen-bond donors (Lipinski definition) is 0. The largest absolute Gasteiger partial charge is 0.309 e. The maximum absolute atomic E-state index is 2.58. The van der Waals surface area contributed by atoms with Crippen LogP contribution in [0.2, 0.25) is 0 Å². The van der Waals surface area contributed by atoms with Gasteiger partial charge in [-0.15, -0.1) is 0 Å². The molecule has 0 bridgehead atoms. The summed E-state index contributed by atoms with van der Waals surface area (Å²) in [4.78, 5) is 0. The van der Waals surface area contributed by atoms with Gasteiger partial charge >= 0.3 is 0 Å². The molecule has 2 aliphatic rings. The van der Waals surface area contributed by atoms with Crippen molar-refractivity contribution in [3.8, 4) is 22.5 Å². The Kier molecular flexibility index (Phi) is 7.49. The van der Waals surface area contributed by atoms with Gasteiger partial charge in [-0.3, -0.25) is 0 Å². The summed E-state index contributed by atoms with van der Waals surface area (Å²) in [6, 6.07) is 73.3. The smallest absolute Gasteiger partial charge is 0.0713 e. The Morgan fingerprint density at radius 2 is 0.857 bits per heavy atom. The number of para-hydroxylation sites is 1. The quantitative estimate of drug-likeness (QED) is 0.168. The van der Waals surface area contributed by atoms with Crippen molar-refractivity contribution in [1.82, 2.24) is 9.13 Å². The van der Waals surface area contributed by atoms with E-state index in [1.54, 1.807) is 0 Å². The lowest BCUT2D eigenvalue weighted by Gasteiger charge is -2.42. The zero-order chi connectivity index (χ0) is 42.2. The normalized spacial score (nSPS) is 15.9. The van der Waals surface area contributed by atoms with Crippen molar-refractivity contribution in [3.63, 3.8) is 0 Å². The van der Waals surface area contributed by atoms with Gasteiger partial charge in [0, 0.05) is 32.9 Å². The summed E-state index contributed by atoms with van der Waals surface area (Å²) in [7, 11) is 0. The third-order valence-electron chi connectivity index (χ3n) is 15.2. The molecule has 0 aliphatic heterocycles. The van der Waals surface area contributed by atoms with Crippen molar-refractivity contribution in [2.24, 2.45) is 0 Å². The molecule has 0 fully saturated rings. The molecule has 0 saturated carbocycles. The van der Waals surface area contributed by atoms with Gasteiger partial charge in [-0.25, -0.2) is 0 Å². The fourth-order valence-electron chi connectivity index (χ4n) is 12.1. The molecule has 63 heavy (non-hydrogen) atoms. The molecule has 2 aromatic heterocycles. The Morgan fingerprint density at radius 1 is 0.349 bits per heavy atom. The van der Waals surface area contributed by atoms with Crippen molar-refractivity contribution in [3.05, 3.63) is 228 Å². The fraction of sp³-hybridized carbons (Fsp3) is 0.148. The van der Waals surface area contributed by atoms with Crippen LogP contribution in [0.15, 0.2) is 194 Å². The number of rotatable bonds is 4. The predicted molar refractivity (Wildman–Crippen MR) is 265 cm³/mol. The molecule has 2 aliphatic carbocycles. The van der Waals surface area contributed by atoms with E-state index >= 15 is 0 Å². The summed E-state index contributed by atoms with van der Waals surface area (Å²) in [5.74, 6) is 0. The maximum Gasteiger partial charge on any atom is 0.0713 e. The third-order valence-corrected chi connectivity index (χ3v) is 15.2. The van der Waals surface area contributed by atoms with Crippen molar-refractivity contribution < 1.29 is 0 Å². The minimum absolute atomic E-state index is 0.0687. The van der Waals surface area contributed by atoms with E-state index in [0.29, 0.717) is 0 Å². The summed E-state index contributed by atoms with van der Waals surface area (Å²) >= 11 is 0. The molecule has 9 aromatic carbocycles. The lowest BCUT2D eigenvalue weighted by molar-refractivity contribution is 0.332. The zero-order valence-corrected chi connectivity index (χ0v) is 36.3. The average molecular weight is 809 g/mol. The SMILES string of the molecule is CC1(C)CCC(C)(C)c2cc3c(cc21)c1cc2c4c5ccccc5ccc4n(-c4ccccc4)c2cc1n3-c1ccc(C2(c3ccccc3)c3ccccc3-c3ccccc32)cc1. The van der Waals surface area contributed by atoms with Crippen LogP contribution in [0.5, 0.6) is 0 Å². The van der Waals surface area contributed by atoms with Crippen LogP contribution in [-0.4, -0.2) is 9.13 Å². The van der Waals surface area contributed by atoms with Gasteiger partial charge < -0.3 is 9.13 Å². The Balaban J connectivity index is 1.13. The Bertz CT molecular complexity index is 3610. The maximum atomic E-state index is 2.58. The monoisotopic (exact) mass is 808 g/mol. The lowest BCUT2D eigenvalue weighted by atomic mass is 9.63. The molecular formula is C61H48N2. The molecule has 2 heteroatoms. The molecular weight excluding hydrogens is 761 g/mol.